The van der Waals surface area contributed by atoms with E-state index in [1.54, 1.807) is 12.1 Å². The van der Waals surface area contributed by atoms with Crippen LogP contribution in [0.4, 0.5) is 11.5 Å². The third kappa shape index (κ3) is 3.27. The molecule has 0 unspecified atom stereocenters. The van der Waals surface area contributed by atoms with Gasteiger partial charge in [-0.3, -0.25) is 4.79 Å². The van der Waals surface area contributed by atoms with Crippen LogP contribution in [0.3, 0.4) is 0 Å². The summed E-state index contributed by atoms with van der Waals surface area (Å²) in [4.78, 5) is 16.5. The number of pyridine rings is 1. The summed E-state index contributed by atoms with van der Waals surface area (Å²) in [5.74, 6) is 1.62. The van der Waals surface area contributed by atoms with Crippen molar-refractivity contribution in [3.05, 3.63) is 18.3 Å². The molecule has 0 saturated carbocycles. The normalized spacial score (nSPS) is 19.2. The highest BCUT2D eigenvalue weighted by molar-refractivity contribution is 7.93. The smallest absolute Gasteiger partial charge is 0.211 e. The van der Waals surface area contributed by atoms with Crippen LogP contribution in [0.15, 0.2) is 22.7 Å². The predicted molar refractivity (Wildman–Crippen MR) is 71.4 cm³/mol. The average Bonchev–Trinajstić information content (AvgIpc) is 2.36. The third-order valence-corrected chi connectivity index (χ3v) is 4.98. The second-order valence-corrected chi connectivity index (χ2v) is 6.79. The summed E-state index contributed by atoms with van der Waals surface area (Å²) in [6.07, 6.45) is 2.09. The van der Waals surface area contributed by atoms with E-state index in [1.807, 2.05) is 7.05 Å². The first-order chi connectivity index (χ1) is 8.61. The number of rotatable bonds is 3. The van der Waals surface area contributed by atoms with E-state index in [4.69, 9.17) is 0 Å². The minimum absolute atomic E-state index is 0.459. The van der Waals surface area contributed by atoms with Crippen LogP contribution in [0, 0.1) is 0 Å². The van der Waals surface area contributed by atoms with Crippen molar-refractivity contribution in [1.82, 2.24) is 9.88 Å². The Kier molecular flexibility index (Phi) is 3.93. The maximum absolute atomic E-state index is 12.4. The van der Waals surface area contributed by atoms with Crippen LogP contribution in [0.2, 0.25) is 0 Å². The molecule has 1 aromatic rings. The minimum Gasteiger partial charge on any atom is -0.327 e. The van der Waals surface area contributed by atoms with Gasteiger partial charge >= 0.3 is 0 Å². The van der Waals surface area contributed by atoms with Crippen LogP contribution < -0.4 is 5.32 Å². The summed E-state index contributed by atoms with van der Waals surface area (Å²) in [6.45, 7) is 1.60. The van der Waals surface area contributed by atoms with E-state index in [9.17, 15) is 9.00 Å². The van der Waals surface area contributed by atoms with Gasteiger partial charge < -0.3 is 10.2 Å². The van der Waals surface area contributed by atoms with Gasteiger partial charge in [-0.2, -0.15) is 4.36 Å². The number of anilines is 1. The van der Waals surface area contributed by atoms with Crippen molar-refractivity contribution in [2.75, 3.05) is 37.0 Å². The van der Waals surface area contributed by atoms with Crippen molar-refractivity contribution in [3.8, 4) is 0 Å². The number of nitrogens with one attached hydrogen (secondary N) is 1. The van der Waals surface area contributed by atoms with Gasteiger partial charge in [-0.25, -0.2) is 9.19 Å². The lowest BCUT2D eigenvalue weighted by molar-refractivity contribution is -0.105. The Morgan fingerprint density at radius 1 is 1.44 bits per heavy atom. The van der Waals surface area contributed by atoms with Crippen LogP contribution in [-0.4, -0.2) is 52.1 Å². The number of nitrogens with zero attached hydrogens (tertiary/aromatic N) is 3. The van der Waals surface area contributed by atoms with E-state index >= 15 is 0 Å². The fourth-order valence-electron chi connectivity index (χ4n) is 1.67. The Bertz CT molecular complexity index is 520. The molecule has 0 radical (unpaired) electrons. The summed E-state index contributed by atoms with van der Waals surface area (Å²) >= 11 is 0. The van der Waals surface area contributed by atoms with Crippen LogP contribution in [0.25, 0.3) is 0 Å². The zero-order chi connectivity index (χ0) is 13.0. The second kappa shape index (κ2) is 5.45. The molecule has 0 bridgehead atoms. The first-order valence-corrected chi connectivity index (χ1v) is 7.54. The fraction of sp³-hybridized carbons (Fsp3) is 0.455. The minimum atomic E-state index is -2.17. The van der Waals surface area contributed by atoms with Gasteiger partial charge in [-0.1, -0.05) is 0 Å². The highest BCUT2D eigenvalue weighted by Gasteiger charge is 2.18. The van der Waals surface area contributed by atoms with Gasteiger partial charge in [0, 0.05) is 24.6 Å². The maximum Gasteiger partial charge on any atom is 0.211 e. The molecule has 18 heavy (non-hydrogen) atoms. The van der Waals surface area contributed by atoms with Gasteiger partial charge in [-0.15, -0.1) is 0 Å². The number of hydrogen-bond donors (Lipinski definition) is 1. The van der Waals surface area contributed by atoms with Crippen LogP contribution in [0.1, 0.15) is 0 Å². The molecule has 1 aliphatic heterocycles. The Labute approximate surface area is 107 Å². The fourth-order valence-corrected chi connectivity index (χ4v) is 3.70. The first-order valence-electron chi connectivity index (χ1n) is 5.69. The van der Waals surface area contributed by atoms with Gasteiger partial charge in [0.1, 0.15) is 0 Å². The van der Waals surface area contributed by atoms with Crippen molar-refractivity contribution in [2.45, 2.75) is 0 Å². The molecule has 0 aromatic carbocycles. The molecule has 2 rings (SSSR count). The molecule has 1 fully saturated rings. The standard InChI is InChI=1S/C11H16N4O2S/c1-15-4-6-18(17,7-5-15)14-11-3-2-10(8-12-11)13-9-16/h2-3,8-9H,4-7H2,1H3,(H,13,16). The number of hydrogen-bond acceptors (Lipinski definition) is 5. The molecule has 0 atom stereocenters. The van der Waals surface area contributed by atoms with E-state index < -0.39 is 9.73 Å². The monoisotopic (exact) mass is 268 g/mol. The molecule has 1 N–H and O–H groups in total. The summed E-state index contributed by atoms with van der Waals surface area (Å²) in [7, 11) is -0.159. The molecule has 1 aromatic heterocycles. The quantitative estimate of drug-likeness (QED) is 0.819. The lowest BCUT2D eigenvalue weighted by Crippen LogP contribution is -2.37. The van der Waals surface area contributed by atoms with Crippen molar-refractivity contribution in [3.63, 3.8) is 0 Å². The Morgan fingerprint density at radius 3 is 2.72 bits per heavy atom. The number of carbonyl (C=O) groups excluding carboxylic acids is 1. The zero-order valence-corrected chi connectivity index (χ0v) is 11.0. The number of carbonyl (C=O) groups is 1. The van der Waals surface area contributed by atoms with E-state index in [2.05, 4.69) is 19.6 Å². The molecular weight excluding hydrogens is 252 g/mol. The van der Waals surface area contributed by atoms with Gasteiger partial charge in [0.15, 0.2) is 5.82 Å². The predicted octanol–water partition coefficient (Wildman–Crippen LogP) is 0.695. The van der Waals surface area contributed by atoms with E-state index in [0.717, 1.165) is 13.1 Å². The highest BCUT2D eigenvalue weighted by atomic mass is 32.2. The molecule has 1 aliphatic rings. The van der Waals surface area contributed by atoms with Crippen LogP contribution in [-0.2, 0) is 14.5 Å². The summed E-state index contributed by atoms with van der Waals surface area (Å²) in [5, 5.41) is 2.49. The number of amides is 1. The molecule has 1 saturated heterocycles. The largest absolute Gasteiger partial charge is 0.327 e. The van der Waals surface area contributed by atoms with E-state index in [0.29, 0.717) is 29.4 Å². The van der Waals surface area contributed by atoms with E-state index in [-0.39, 0.29) is 0 Å². The summed E-state index contributed by atoms with van der Waals surface area (Å²) < 4.78 is 16.7. The average molecular weight is 268 g/mol. The molecular formula is C11H16N4O2S. The van der Waals surface area contributed by atoms with Crippen molar-refractivity contribution >= 4 is 27.6 Å². The van der Waals surface area contributed by atoms with E-state index in [1.165, 1.54) is 6.20 Å². The van der Waals surface area contributed by atoms with Crippen molar-refractivity contribution in [2.24, 2.45) is 4.36 Å². The first kappa shape index (κ1) is 13.0. The topological polar surface area (TPSA) is 74.7 Å². The third-order valence-electron chi connectivity index (χ3n) is 2.82. The van der Waals surface area contributed by atoms with Crippen LogP contribution in [0.5, 0.6) is 0 Å². The lowest BCUT2D eigenvalue weighted by Gasteiger charge is -2.24. The summed E-state index contributed by atoms with van der Waals surface area (Å²) in [5.41, 5.74) is 0.599. The lowest BCUT2D eigenvalue weighted by atomic mass is 10.4. The van der Waals surface area contributed by atoms with Gasteiger partial charge in [-0.05, 0) is 19.2 Å². The molecule has 0 spiro atoms. The second-order valence-electron chi connectivity index (χ2n) is 4.24. The summed E-state index contributed by atoms with van der Waals surface area (Å²) in [6, 6.07) is 3.36. The van der Waals surface area contributed by atoms with Crippen molar-refractivity contribution in [1.29, 1.82) is 0 Å². The van der Waals surface area contributed by atoms with Gasteiger partial charge in [0.2, 0.25) is 6.41 Å². The SMILES string of the molecule is CN1CCS(=O)(=Nc2ccc(NC=O)cn2)CC1. The van der Waals surface area contributed by atoms with Gasteiger partial charge in [0.25, 0.3) is 0 Å². The Morgan fingerprint density at radius 2 is 2.17 bits per heavy atom. The van der Waals surface area contributed by atoms with Crippen molar-refractivity contribution < 1.29 is 9.00 Å². The Hall–Kier alpha value is -1.47. The van der Waals surface area contributed by atoms with Gasteiger partial charge in [0.05, 0.1) is 21.6 Å². The molecule has 2 heterocycles. The molecule has 98 valence electrons. The molecule has 7 heteroatoms. The zero-order valence-electron chi connectivity index (χ0n) is 10.2. The molecule has 1 amide bonds. The number of aromatic nitrogens is 1. The molecule has 0 aliphatic carbocycles. The maximum atomic E-state index is 12.4. The van der Waals surface area contributed by atoms with Crippen LogP contribution >= 0.6 is 0 Å². The highest BCUT2D eigenvalue weighted by Crippen LogP contribution is 2.16. The molecule has 6 nitrogen and oxygen atoms in total. The Balaban J connectivity index is 2.17.